The van der Waals surface area contributed by atoms with Gasteiger partial charge in [-0.3, -0.25) is 67.3 Å². The van der Waals surface area contributed by atoms with Gasteiger partial charge in [-0.1, -0.05) is 74.5 Å². The number of likely N-dealkylation sites (tertiary alicyclic amines) is 2. The van der Waals surface area contributed by atoms with Crippen LogP contribution in [0.25, 0.3) is 0 Å². The molecule has 0 aliphatic carbocycles. The number of hydrogen-bond donors (Lipinski definition) is 15. The van der Waals surface area contributed by atoms with Crippen LogP contribution in [0.1, 0.15) is 121 Å². The topological polar surface area (TPSA) is 519 Å². The monoisotopic (exact) mass is 1350 g/mol. The van der Waals surface area contributed by atoms with E-state index in [1.54, 1.807) is 60.7 Å². The maximum Gasteiger partial charge on any atom is 0.245 e. The van der Waals surface area contributed by atoms with E-state index in [0.717, 1.165) is 0 Å². The van der Waals surface area contributed by atoms with E-state index < -0.39 is 169 Å². The lowest BCUT2D eigenvalue weighted by Crippen LogP contribution is -2.60. The van der Waals surface area contributed by atoms with Gasteiger partial charge in [0.05, 0.1) is 12.6 Å². The number of hydrogen-bond acceptors (Lipinski definition) is 17. The molecule has 2 heterocycles. The summed E-state index contributed by atoms with van der Waals surface area (Å²) in [5, 5.41) is 21.1. The fourth-order valence-corrected chi connectivity index (χ4v) is 11.5. The number of guanidine groups is 1. The smallest absolute Gasteiger partial charge is 0.245 e. The molecule has 0 bridgehead atoms. The molecule has 22 N–H and O–H groups in total. The third kappa shape index (κ3) is 27.5. The molecule has 2 saturated heterocycles. The van der Waals surface area contributed by atoms with Crippen LogP contribution in [0.4, 0.5) is 0 Å². The average Bonchev–Trinajstić information content (AvgIpc) is 1.74. The molecule has 2 fully saturated rings. The third-order valence-corrected chi connectivity index (χ3v) is 16.7. The van der Waals surface area contributed by atoms with Gasteiger partial charge in [-0.25, -0.2) is 0 Å². The Bertz CT molecular complexity index is 2960. The zero-order chi connectivity index (χ0) is 70.1. The van der Waals surface area contributed by atoms with E-state index in [-0.39, 0.29) is 83.0 Å². The molecule has 31 nitrogen and oxygen atoms in total. The highest BCUT2D eigenvalue weighted by atomic mass is 32.2. The third-order valence-electron chi connectivity index (χ3n) is 16.0. The van der Waals surface area contributed by atoms with Crippen molar-refractivity contribution in [3.8, 4) is 0 Å². The van der Waals surface area contributed by atoms with Gasteiger partial charge in [0.15, 0.2) is 5.96 Å². The van der Waals surface area contributed by atoms with Crippen molar-refractivity contribution in [2.24, 2.45) is 51.0 Å². The number of carbonyl (C=O) groups excluding carboxylic acids is 13. The fraction of sp³-hybridized carbons (Fsp3) is 0.587. The molecule has 10 atom stereocenters. The van der Waals surface area contributed by atoms with Crippen LogP contribution in [0.5, 0.6) is 0 Å². The Kier molecular flexibility index (Phi) is 33.9. The molecule has 2 aromatic carbocycles. The second-order valence-corrected chi connectivity index (χ2v) is 25.1. The molecule has 95 heavy (non-hydrogen) atoms. The van der Waals surface area contributed by atoms with Crippen molar-refractivity contribution >= 4 is 94.5 Å². The molecule has 0 aromatic heterocycles. The SMILES string of the molecule is CSCC[C@H](NC(=O)[C@H](CC(C)C)NC(=O)CNC(=O)[C@H](Cc1ccccc1)NC(=O)[C@H](Cc1ccccc1)NC(=O)[C@H](CCC(N)=O)NC(=O)[C@H](CCC(N)=O)NC(=O)[C@H]1CCCN1C(=O)[C@H](CCCCN)NC(=O)[C@@H]1CCCN1C(=O)[C@H](N)CCCN=C(N)N)C(N)=O. The largest absolute Gasteiger partial charge is 0.370 e. The van der Waals surface area contributed by atoms with Gasteiger partial charge in [-0.15, -0.1) is 0 Å². The summed E-state index contributed by atoms with van der Waals surface area (Å²) in [4.78, 5) is 185. The summed E-state index contributed by atoms with van der Waals surface area (Å²) in [6.45, 7) is 3.86. The number of rotatable bonds is 42. The van der Waals surface area contributed by atoms with Crippen LogP contribution < -0.4 is 82.7 Å². The predicted molar refractivity (Wildman–Crippen MR) is 356 cm³/mol. The van der Waals surface area contributed by atoms with Crippen LogP contribution in [0.2, 0.25) is 0 Å². The first-order chi connectivity index (χ1) is 45.2. The van der Waals surface area contributed by atoms with E-state index in [2.05, 4.69) is 47.5 Å². The van der Waals surface area contributed by atoms with Crippen molar-refractivity contribution < 1.29 is 62.3 Å². The van der Waals surface area contributed by atoms with Crippen molar-refractivity contribution in [1.29, 1.82) is 0 Å². The van der Waals surface area contributed by atoms with Gasteiger partial charge in [0.2, 0.25) is 76.8 Å². The van der Waals surface area contributed by atoms with Crippen molar-refractivity contribution in [2.45, 2.75) is 183 Å². The van der Waals surface area contributed by atoms with Crippen LogP contribution in [0, 0.1) is 5.92 Å². The first-order valence-electron chi connectivity index (χ1n) is 32.2. The first-order valence-corrected chi connectivity index (χ1v) is 33.6. The number of unbranched alkanes of at least 4 members (excludes halogenated alkanes) is 1. The Balaban J connectivity index is 1.56. The highest BCUT2D eigenvalue weighted by Gasteiger charge is 2.42. The molecular formula is C63H98N18O13S. The number of nitrogens with one attached hydrogen (secondary N) is 8. The number of thioether (sulfide) groups is 1. The Hall–Kier alpha value is -8.91. The lowest BCUT2D eigenvalue weighted by molar-refractivity contribution is -0.144. The summed E-state index contributed by atoms with van der Waals surface area (Å²) in [5.41, 5.74) is 40.6. The number of primary amides is 3. The molecule has 0 unspecified atom stereocenters. The van der Waals surface area contributed by atoms with Crippen LogP contribution in [-0.2, 0) is 75.2 Å². The molecule has 0 radical (unpaired) electrons. The van der Waals surface area contributed by atoms with E-state index in [9.17, 15) is 62.3 Å². The second kappa shape index (κ2) is 41.0. The summed E-state index contributed by atoms with van der Waals surface area (Å²) in [7, 11) is 0. The lowest BCUT2D eigenvalue weighted by atomic mass is 10.0. The summed E-state index contributed by atoms with van der Waals surface area (Å²) < 4.78 is 0. The fourth-order valence-electron chi connectivity index (χ4n) is 11.0. The van der Waals surface area contributed by atoms with Crippen molar-refractivity contribution in [3.05, 3.63) is 71.8 Å². The number of nitrogens with two attached hydrogens (primary N) is 7. The quantitative estimate of drug-likeness (QED) is 0.0173. The molecule has 2 aliphatic rings. The summed E-state index contributed by atoms with van der Waals surface area (Å²) in [6.07, 6.45) is 3.12. The van der Waals surface area contributed by atoms with E-state index in [1.807, 2.05) is 20.1 Å². The molecule has 0 saturated carbocycles. The second-order valence-electron chi connectivity index (χ2n) is 24.1. The van der Waals surface area contributed by atoms with Crippen molar-refractivity contribution in [1.82, 2.24) is 52.3 Å². The summed E-state index contributed by atoms with van der Waals surface area (Å²) in [6, 6.07) is 4.51. The molecule has 32 heteroatoms. The van der Waals surface area contributed by atoms with Gasteiger partial charge in [-0.2, -0.15) is 11.8 Å². The zero-order valence-electron chi connectivity index (χ0n) is 54.5. The van der Waals surface area contributed by atoms with Crippen molar-refractivity contribution in [3.63, 3.8) is 0 Å². The molecule has 0 spiro atoms. The number of nitrogens with zero attached hydrogens (tertiary/aromatic N) is 3. The maximum absolute atomic E-state index is 14.7. The van der Waals surface area contributed by atoms with Gasteiger partial charge >= 0.3 is 0 Å². The minimum Gasteiger partial charge on any atom is -0.370 e. The highest BCUT2D eigenvalue weighted by molar-refractivity contribution is 7.98. The van der Waals surface area contributed by atoms with Crippen LogP contribution in [-0.4, -0.2) is 198 Å². The van der Waals surface area contributed by atoms with Crippen molar-refractivity contribution in [2.75, 3.05) is 44.7 Å². The highest BCUT2D eigenvalue weighted by Crippen LogP contribution is 2.24. The minimum atomic E-state index is -1.64. The van der Waals surface area contributed by atoms with Crippen LogP contribution in [0.3, 0.4) is 0 Å². The first kappa shape index (κ1) is 78.5. The molecule has 2 aliphatic heterocycles. The van der Waals surface area contributed by atoms with E-state index in [1.165, 1.54) is 21.6 Å². The molecular weight excluding hydrogens is 1250 g/mol. The Labute approximate surface area is 558 Å². The lowest BCUT2D eigenvalue weighted by Gasteiger charge is -2.32. The Morgan fingerprint density at radius 3 is 1.51 bits per heavy atom. The maximum atomic E-state index is 14.7. The summed E-state index contributed by atoms with van der Waals surface area (Å²) in [5.74, 6) is -9.80. The molecule has 524 valence electrons. The molecule has 2 aromatic rings. The van der Waals surface area contributed by atoms with Gasteiger partial charge in [0.1, 0.15) is 54.4 Å². The van der Waals surface area contributed by atoms with Gasteiger partial charge in [0, 0.05) is 45.3 Å². The number of aliphatic imine (C=N–C) groups is 1. The molecule has 4 rings (SSSR count). The predicted octanol–water partition coefficient (Wildman–Crippen LogP) is -3.71. The molecule has 13 amide bonds. The average molecular weight is 1350 g/mol. The summed E-state index contributed by atoms with van der Waals surface area (Å²) >= 11 is 1.45. The minimum absolute atomic E-state index is 0.0736. The van der Waals surface area contributed by atoms with Crippen LogP contribution in [0.15, 0.2) is 65.7 Å². The number of benzene rings is 2. The normalized spacial score (nSPS) is 16.8. The van der Waals surface area contributed by atoms with Gasteiger partial charge in [-0.05, 0) is 119 Å². The van der Waals surface area contributed by atoms with Gasteiger partial charge < -0.3 is 92.5 Å². The van der Waals surface area contributed by atoms with Crippen LogP contribution >= 0.6 is 11.8 Å². The number of carbonyl (C=O) groups is 13. The Morgan fingerprint density at radius 2 is 1.01 bits per heavy atom. The zero-order valence-corrected chi connectivity index (χ0v) is 55.3. The van der Waals surface area contributed by atoms with E-state index >= 15 is 0 Å². The Morgan fingerprint density at radius 1 is 0.537 bits per heavy atom. The standard InChI is InChI=1S/C63H98N18O13S/c1-37(2)33-45(57(89)74-41(53(68)85)27-32-95-3)73-52(84)36-72-54(86)46(34-38-15-6-4-7-16-38)78-58(90)47(35-39-17-8-5-9-18-39)79-56(88)42(23-25-50(66)82)75-55(87)43(24-26-51(67)83)76-59(91)49-22-14-31-81(49)62(94)44(20-10-11-28-64)77-60(92)48-21-13-30-80(48)61(93)40(65)19-12-29-71-63(69)70/h4-9,15-18,37,40-49H,10-14,19-36,64-65H2,1-3H3,(H2,66,82)(H2,67,83)(H2,68,85)(H,72,86)(H,73,84)(H,74,89)(H,75,87)(H,76,91)(H,77,92)(H,78,90)(H,79,88)(H4,69,70,71)/t40-,41+,42+,43+,44+,45+,46+,47+,48+,49-/m1/s1. The van der Waals surface area contributed by atoms with Gasteiger partial charge in [0.25, 0.3) is 0 Å². The number of amides is 13. The van der Waals surface area contributed by atoms with E-state index in [4.69, 9.17) is 40.1 Å². The van der Waals surface area contributed by atoms with E-state index in [0.29, 0.717) is 55.4 Å².